The minimum absolute atomic E-state index is 0.00757. The van der Waals surface area contributed by atoms with Crippen LogP contribution in [0.4, 0.5) is 5.69 Å². The second-order valence-electron chi connectivity index (χ2n) is 4.38. The van der Waals surface area contributed by atoms with Gasteiger partial charge in [0.25, 0.3) is 0 Å². The summed E-state index contributed by atoms with van der Waals surface area (Å²) in [6.45, 7) is 0.0624. The van der Waals surface area contributed by atoms with E-state index < -0.39 is 0 Å². The number of benzene rings is 2. The largest absolute Gasteiger partial charge is 0.392 e. The third kappa shape index (κ3) is 4.72. The van der Waals surface area contributed by atoms with Gasteiger partial charge in [-0.15, -0.1) is 11.8 Å². The first-order valence-corrected chi connectivity index (χ1v) is 7.55. The molecular formula is C16H17NO2S. The van der Waals surface area contributed by atoms with Gasteiger partial charge in [-0.1, -0.05) is 42.5 Å². The number of aliphatic hydroxyl groups is 1. The zero-order chi connectivity index (χ0) is 14.2. The van der Waals surface area contributed by atoms with Crippen molar-refractivity contribution in [2.75, 3.05) is 11.1 Å². The van der Waals surface area contributed by atoms with Crippen LogP contribution in [-0.4, -0.2) is 16.8 Å². The van der Waals surface area contributed by atoms with Gasteiger partial charge < -0.3 is 10.4 Å². The van der Waals surface area contributed by atoms with E-state index >= 15 is 0 Å². The zero-order valence-corrected chi connectivity index (χ0v) is 11.9. The first-order valence-electron chi connectivity index (χ1n) is 6.39. The van der Waals surface area contributed by atoms with Gasteiger partial charge in [-0.05, 0) is 23.3 Å². The van der Waals surface area contributed by atoms with Crippen LogP contribution in [0.2, 0.25) is 0 Å². The Kier molecular flexibility index (Phi) is 5.65. The first kappa shape index (κ1) is 14.6. The molecule has 3 nitrogen and oxygen atoms in total. The van der Waals surface area contributed by atoms with Gasteiger partial charge in [0.05, 0.1) is 12.4 Å². The van der Waals surface area contributed by atoms with Crippen molar-refractivity contribution in [1.82, 2.24) is 0 Å². The second kappa shape index (κ2) is 7.72. The molecule has 2 rings (SSSR count). The monoisotopic (exact) mass is 287 g/mol. The van der Waals surface area contributed by atoms with Crippen LogP contribution in [0.5, 0.6) is 0 Å². The molecule has 0 aromatic heterocycles. The highest BCUT2D eigenvalue weighted by molar-refractivity contribution is 7.99. The van der Waals surface area contributed by atoms with E-state index in [1.807, 2.05) is 54.6 Å². The number of rotatable bonds is 6. The van der Waals surface area contributed by atoms with E-state index in [1.165, 1.54) is 0 Å². The van der Waals surface area contributed by atoms with Crippen molar-refractivity contribution in [1.29, 1.82) is 0 Å². The molecule has 104 valence electrons. The SMILES string of the molecule is O=C(CSCc1ccc(CO)cc1)Nc1ccccc1. The molecule has 1 amide bonds. The Labute approximate surface area is 123 Å². The maximum atomic E-state index is 11.7. The van der Waals surface area contributed by atoms with Crippen molar-refractivity contribution >= 4 is 23.4 Å². The summed E-state index contributed by atoms with van der Waals surface area (Å²) in [6.07, 6.45) is 0. The molecule has 2 N–H and O–H groups in total. The summed E-state index contributed by atoms with van der Waals surface area (Å²) < 4.78 is 0. The number of aliphatic hydroxyl groups excluding tert-OH is 1. The molecule has 0 heterocycles. The molecule has 0 saturated carbocycles. The topological polar surface area (TPSA) is 49.3 Å². The van der Waals surface area contributed by atoms with Crippen LogP contribution in [0.25, 0.3) is 0 Å². The van der Waals surface area contributed by atoms with Crippen molar-refractivity contribution in [3.05, 3.63) is 65.7 Å². The third-order valence-electron chi connectivity index (χ3n) is 2.76. The van der Waals surface area contributed by atoms with Crippen molar-refractivity contribution in [2.24, 2.45) is 0 Å². The molecule has 2 aromatic rings. The van der Waals surface area contributed by atoms with E-state index in [0.717, 1.165) is 22.6 Å². The summed E-state index contributed by atoms with van der Waals surface area (Å²) in [5.41, 5.74) is 2.88. The molecule has 0 saturated heterocycles. The summed E-state index contributed by atoms with van der Waals surface area (Å²) in [5.74, 6) is 1.22. The van der Waals surface area contributed by atoms with Crippen LogP contribution in [0, 0.1) is 0 Å². The second-order valence-corrected chi connectivity index (χ2v) is 5.37. The predicted molar refractivity (Wildman–Crippen MR) is 83.6 cm³/mol. The third-order valence-corrected chi connectivity index (χ3v) is 3.77. The molecule has 20 heavy (non-hydrogen) atoms. The number of thioether (sulfide) groups is 1. The van der Waals surface area contributed by atoms with Crippen molar-refractivity contribution in [3.8, 4) is 0 Å². The lowest BCUT2D eigenvalue weighted by atomic mass is 10.2. The highest BCUT2D eigenvalue weighted by atomic mass is 32.2. The Balaban J connectivity index is 1.73. The van der Waals surface area contributed by atoms with Gasteiger partial charge in [0, 0.05) is 11.4 Å². The highest BCUT2D eigenvalue weighted by Gasteiger charge is 2.02. The average molecular weight is 287 g/mol. The Morgan fingerprint density at radius 2 is 1.65 bits per heavy atom. The quantitative estimate of drug-likeness (QED) is 0.858. The van der Waals surface area contributed by atoms with Crippen LogP contribution in [0.15, 0.2) is 54.6 Å². The summed E-state index contributed by atoms with van der Waals surface area (Å²) in [7, 11) is 0. The number of para-hydroxylation sites is 1. The molecule has 0 unspecified atom stereocenters. The summed E-state index contributed by atoms with van der Waals surface area (Å²) in [5, 5.41) is 11.8. The Morgan fingerprint density at radius 3 is 2.30 bits per heavy atom. The van der Waals surface area contributed by atoms with E-state index in [0.29, 0.717) is 5.75 Å². The van der Waals surface area contributed by atoms with Crippen molar-refractivity contribution in [3.63, 3.8) is 0 Å². The van der Waals surface area contributed by atoms with Crippen LogP contribution in [0.3, 0.4) is 0 Å². The van der Waals surface area contributed by atoms with E-state index in [4.69, 9.17) is 5.11 Å². The smallest absolute Gasteiger partial charge is 0.234 e. The lowest BCUT2D eigenvalue weighted by molar-refractivity contribution is -0.113. The zero-order valence-electron chi connectivity index (χ0n) is 11.1. The maximum Gasteiger partial charge on any atom is 0.234 e. The van der Waals surface area contributed by atoms with Gasteiger partial charge >= 0.3 is 0 Å². The lowest BCUT2D eigenvalue weighted by Crippen LogP contribution is -2.13. The maximum absolute atomic E-state index is 11.7. The molecule has 0 spiro atoms. The van der Waals surface area contributed by atoms with Gasteiger partial charge in [-0.3, -0.25) is 4.79 Å². The standard InChI is InChI=1S/C16H17NO2S/c18-10-13-6-8-14(9-7-13)11-20-12-16(19)17-15-4-2-1-3-5-15/h1-9,18H,10-12H2,(H,17,19). The Morgan fingerprint density at radius 1 is 1.00 bits per heavy atom. The van der Waals surface area contributed by atoms with Crippen molar-refractivity contribution in [2.45, 2.75) is 12.4 Å². The first-order chi connectivity index (χ1) is 9.78. The number of carbonyl (C=O) groups is 1. The molecule has 0 aliphatic carbocycles. The van der Waals surface area contributed by atoms with Crippen LogP contribution in [-0.2, 0) is 17.2 Å². The molecule has 0 fully saturated rings. The number of nitrogens with one attached hydrogen (secondary N) is 1. The molecule has 0 bridgehead atoms. The molecule has 2 aromatic carbocycles. The average Bonchev–Trinajstić information content (AvgIpc) is 2.49. The van der Waals surface area contributed by atoms with E-state index in [2.05, 4.69) is 5.32 Å². The minimum Gasteiger partial charge on any atom is -0.392 e. The molecule has 0 radical (unpaired) electrons. The van der Waals surface area contributed by atoms with Crippen molar-refractivity contribution < 1.29 is 9.90 Å². The fourth-order valence-corrected chi connectivity index (χ4v) is 2.51. The number of anilines is 1. The van der Waals surface area contributed by atoms with E-state index in [9.17, 15) is 4.79 Å². The predicted octanol–water partition coefficient (Wildman–Crippen LogP) is 3.05. The number of amides is 1. The minimum atomic E-state index is 0.00757. The lowest BCUT2D eigenvalue weighted by Gasteiger charge is -2.05. The normalized spacial score (nSPS) is 10.2. The Bertz CT molecular complexity index is 540. The Hall–Kier alpha value is -1.78. The van der Waals surface area contributed by atoms with Gasteiger partial charge in [-0.25, -0.2) is 0 Å². The van der Waals surface area contributed by atoms with Crippen LogP contribution >= 0.6 is 11.8 Å². The molecule has 0 atom stereocenters. The molecule has 0 aliphatic rings. The molecule has 0 aliphatic heterocycles. The number of carbonyl (C=O) groups excluding carboxylic acids is 1. The summed E-state index contributed by atoms with van der Waals surface area (Å²) >= 11 is 1.57. The number of hydrogen-bond acceptors (Lipinski definition) is 3. The van der Waals surface area contributed by atoms with Gasteiger partial charge in [-0.2, -0.15) is 0 Å². The van der Waals surface area contributed by atoms with Gasteiger partial charge in [0.15, 0.2) is 0 Å². The van der Waals surface area contributed by atoms with E-state index in [1.54, 1.807) is 11.8 Å². The van der Waals surface area contributed by atoms with Gasteiger partial charge in [0.1, 0.15) is 0 Å². The molecule has 4 heteroatoms. The fraction of sp³-hybridized carbons (Fsp3) is 0.188. The van der Waals surface area contributed by atoms with Crippen LogP contribution in [0.1, 0.15) is 11.1 Å². The highest BCUT2D eigenvalue weighted by Crippen LogP contribution is 2.14. The molecular weight excluding hydrogens is 270 g/mol. The van der Waals surface area contributed by atoms with E-state index in [-0.39, 0.29) is 12.5 Å². The fourth-order valence-electron chi connectivity index (χ4n) is 1.72. The summed E-state index contributed by atoms with van der Waals surface area (Å²) in [6, 6.07) is 17.2. The summed E-state index contributed by atoms with van der Waals surface area (Å²) in [4.78, 5) is 11.7. The van der Waals surface area contributed by atoms with Gasteiger partial charge in [0.2, 0.25) is 5.91 Å². The van der Waals surface area contributed by atoms with Crippen LogP contribution < -0.4 is 5.32 Å². The number of hydrogen-bond donors (Lipinski definition) is 2.